The first kappa shape index (κ1) is 24.1. The van der Waals surface area contributed by atoms with Crippen LogP contribution in [0.25, 0.3) is 0 Å². The molecule has 0 saturated heterocycles. The molecule has 2 rings (SSSR count). The number of hydrogen-bond donors (Lipinski definition) is 3. The van der Waals surface area contributed by atoms with E-state index in [0.717, 1.165) is 15.6 Å². The van der Waals surface area contributed by atoms with Gasteiger partial charge in [0.25, 0.3) is 11.8 Å². The van der Waals surface area contributed by atoms with E-state index < -0.39 is 36.3 Å². The van der Waals surface area contributed by atoms with Gasteiger partial charge in [0.2, 0.25) is 5.91 Å². The van der Waals surface area contributed by atoms with Crippen LogP contribution in [0, 0.1) is 13.8 Å². The monoisotopic (exact) mass is 489 g/mol. The van der Waals surface area contributed by atoms with Gasteiger partial charge in [-0.05, 0) is 56.7 Å². The Kier molecular flexibility index (Phi) is 8.75. The summed E-state index contributed by atoms with van der Waals surface area (Å²) < 4.78 is 5.80. The molecule has 3 N–H and O–H groups in total. The molecule has 0 radical (unpaired) electrons. The minimum Gasteiger partial charge on any atom is -0.454 e. The molecule has 0 aliphatic rings. The fourth-order valence-corrected chi connectivity index (χ4v) is 3.05. The summed E-state index contributed by atoms with van der Waals surface area (Å²) >= 11 is 3.34. The van der Waals surface area contributed by atoms with Gasteiger partial charge in [0.05, 0.1) is 6.54 Å². The van der Waals surface area contributed by atoms with Gasteiger partial charge < -0.3 is 20.7 Å². The Morgan fingerprint density at radius 1 is 1.03 bits per heavy atom. The Balaban J connectivity index is 1.72. The molecule has 1 atom stereocenters. The molecular formula is C22H24BrN3O5. The highest BCUT2D eigenvalue weighted by molar-refractivity contribution is 9.10. The Hall–Kier alpha value is -3.20. The molecule has 0 aliphatic heterocycles. The van der Waals surface area contributed by atoms with Gasteiger partial charge in [-0.15, -0.1) is 0 Å². The largest absolute Gasteiger partial charge is 0.454 e. The lowest BCUT2D eigenvalue weighted by atomic mass is 10.1. The summed E-state index contributed by atoms with van der Waals surface area (Å²) in [7, 11) is 0. The Labute approximate surface area is 188 Å². The highest BCUT2D eigenvalue weighted by Crippen LogP contribution is 2.19. The molecular weight excluding hydrogens is 466 g/mol. The first-order valence-corrected chi connectivity index (χ1v) is 10.3. The third-order valence-corrected chi connectivity index (χ3v) is 4.73. The number of carbonyl (C=O) groups excluding carboxylic acids is 4. The molecule has 8 nitrogen and oxygen atoms in total. The average molecular weight is 490 g/mol. The Bertz CT molecular complexity index is 993. The normalized spacial score (nSPS) is 11.2. The van der Waals surface area contributed by atoms with Crippen molar-refractivity contribution in [1.82, 2.24) is 10.6 Å². The summed E-state index contributed by atoms with van der Waals surface area (Å²) in [5.74, 6) is -2.22. The lowest BCUT2D eigenvalue weighted by molar-refractivity contribution is -0.150. The van der Waals surface area contributed by atoms with Crippen molar-refractivity contribution in [2.24, 2.45) is 0 Å². The second-order valence-electron chi connectivity index (χ2n) is 6.96. The van der Waals surface area contributed by atoms with E-state index >= 15 is 0 Å². The van der Waals surface area contributed by atoms with E-state index in [2.05, 4.69) is 31.9 Å². The molecule has 164 valence electrons. The summed E-state index contributed by atoms with van der Waals surface area (Å²) in [5.41, 5.74) is 2.83. The minimum absolute atomic E-state index is 0.272. The van der Waals surface area contributed by atoms with Crippen LogP contribution in [0.1, 0.15) is 28.4 Å². The number of esters is 1. The molecule has 0 aliphatic carbocycles. The SMILES string of the molecule is Cc1cccc(C(=O)N[C@@H](C)C(=O)OCC(=O)NCC(=O)Nc2ccc(Br)cc2C)c1. The van der Waals surface area contributed by atoms with Gasteiger partial charge in [0, 0.05) is 15.7 Å². The van der Waals surface area contributed by atoms with Gasteiger partial charge in [-0.1, -0.05) is 33.6 Å². The zero-order valence-electron chi connectivity index (χ0n) is 17.5. The second-order valence-corrected chi connectivity index (χ2v) is 7.87. The molecule has 3 amide bonds. The summed E-state index contributed by atoms with van der Waals surface area (Å²) in [6.07, 6.45) is 0. The third-order valence-electron chi connectivity index (χ3n) is 4.24. The topological polar surface area (TPSA) is 114 Å². The number of rotatable bonds is 8. The van der Waals surface area contributed by atoms with Crippen LogP contribution in [0.2, 0.25) is 0 Å². The van der Waals surface area contributed by atoms with E-state index in [-0.39, 0.29) is 6.54 Å². The zero-order chi connectivity index (χ0) is 23.0. The lowest BCUT2D eigenvalue weighted by Gasteiger charge is -2.14. The van der Waals surface area contributed by atoms with Crippen LogP contribution < -0.4 is 16.0 Å². The van der Waals surface area contributed by atoms with Crippen molar-refractivity contribution in [3.05, 3.63) is 63.6 Å². The molecule has 0 heterocycles. The maximum Gasteiger partial charge on any atom is 0.328 e. The van der Waals surface area contributed by atoms with E-state index in [1.54, 1.807) is 30.3 Å². The predicted molar refractivity (Wildman–Crippen MR) is 120 cm³/mol. The summed E-state index contributed by atoms with van der Waals surface area (Å²) in [5, 5.41) is 7.58. The van der Waals surface area contributed by atoms with E-state index in [0.29, 0.717) is 11.3 Å². The Morgan fingerprint density at radius 2 is 1.77 bits per heavy atom. The summed E-state index contributed by atoms with van der Waals surface area (Å²) in [6, 6.07) is 11.4. The minimum atomic E-state index is -0.940. The van der Waals surface area contributed by atoms with Crippen LogP contribution in [0.4, 0.5) is 5.69 Å². The summed E-state index contributed by atoms with van der Waals surface area (Å²) in [4.78, 5) is 48.0. The molecule has 0 spiro atoms. The van der Waals surface area contributed by atoms with Crippen LogP contribution in [0.3, 0.4) is 0 Å². The van der Waals surface area contributed by atoms with E-state index in [9.17, 15) is 19.2 Å². The smallest absolute Gasteiger partial charge is 0.328 e. The highest BCUT2D eigenvalue weighted by atomic mass is 79.9. The van der Waals surface area contributed by atoms with Crippen molar-refractivity contribution in [3.8, 4) is 0 Å². The molecule has 0 bridgehead atoms. The van der Waals surface area contributed by atoms with E-state index in [4.69, 9.17) is 4.74 Å². The van der Waals surface area contributed by atoms with E-state index in [1.165, 1.54) is 6.92 Å². The number of aryl methyl sites for hydroxylation is 2. The quantitative estimate of drug-likeness (QED) is 0.492. The van der Waals surface area contributed by atoms with Gasteiger partial charge in [0.1, 0.15) is 6.04 Å². The predicted octanol–water partition coefficient (Wildman–Crippen LogP) is 2.48. The van der Waals surface area contributed by atoms with Crippen molar-refractivity contribution in [2.45, 2.75) is 26.8 Å². The number of nitrogens with one attached hydrogen (secondary N) is 3. The highest BCUT2D eigenvalue weighted by Gasteiger charge is 2.19. The fourth-order valence-electron chi connectivity index (χ4n) is 2.58. The van der Waals surface area contributed by atoms with Gasteiger partial charge >= 0.3 is 5.97 Å². The van der Waals surface area contributed by atoms with Crippen LogP contribution in [-0.2, 0) is 19.1 Å². The number of carbonyl (C=O) groups is 4. The Morgan fingerprint density at radius 3 is 2.45 bits per heavy atom. The summed E-state index contributed by atoms with van der Waals surface area (Å²) in [6.45, 7) is 4.33. The second kappa shape index (κ2) is 11.3. The average Bonchev–Trinajstić information content (AvgIpc) is 2.72. The molecule has 31 heavy (non-hydrogen) atoms. The molecule has 0 saturated carbocycles. The van der Waals surface area contributed by atoms with Crippen LogP contribution in [0.5, 0.6) is 0 Å². The third kappa shape index (κ3) is 7.86. The number of amides is 3. The molecule has 2 aromatic carbocycles. The zero-order valence-corrected chi connectivity index (χ0v) is 19.0. The number of hydrogen-bond acceptors (Lipinski definition) is 5. The number of anilines is 1. The molecule has 2 aromatic rings. The molecule has 0 unspecified atom stereocenters. The van der Waals surface area contributed by atoms with Gasteiger partial charge in [-0.2, -0.15) is 0 Å². The standard InChI is InChI=1S/C22H24BrN3O5/c1-13-5-4-6-16(9-13)21(29)25-15(3)22(30)31-12-20(28)24-11-19(27)26-18-8-7-17(23)10-14(18)2/h4-10,15H,11-12H2,1-3H3,(H,24,28)(H,25,29)(H,26,27)/t15-/m0/s1. The van der Waals surface area contributed by atoms with Crippen molar-refractivity contribution in [3.63, 3.8) is 0 Å². The lowest BCUT2D eigenvalue weighted by Crippen LogP contribution is -2.41. The van der Waals surface area contributed by atoms with E-state index in [1.807, 2.05) is 26.0 Å². The number of ether oxygens (including phenoxy) is 1. The molecule has 0 aromatic heterocycles. The fraction of sp³-hybridized carbons (Fsp3) is 0.273. The van der Waals surface area contributed by atoms with Crippen molar-refractivity contribution < 1.29 is 23.9 Å². The first-order chi connectivity index (χ1) is 14.7. The maximum atomic E-state index is 12.2. The van der Waals surface area contributed by atoms with Crippen LogP contribution >= 0.6 is 15.9 Å². The van der Waals surface area contributed by atoms with Gasteiger partial charge in [-0.25, -0.2) is 4.79 Å². The number of halogens is 1. The van der Waals surface area contributed by atoms with Crippen LogP contribution in [-0.4, -0.2) is 42.9 Å². The van der Waals surface area contributed by atoms with Crippen molar-refractivity contribution >= 4 is 45.3 Å². The van der Waals surface area contributed by atoms with Crippen molar-refractivity contribution in [1.29, 1.82) is 0 Å². The molecule has 0 fully saturated rings. The first-order valence-electron chi connectivity index (χ1n) is 9.52. The van der Waals surface area contributed by atoms with Gasteiger partial charge in [0.15, 0.2) is 6.61 Å². The number of benzene rings is 2. The molecule has 9 heteroatoms. The van der Waals surface area contributed by atoms with Gasteiger partial charge in [-0.3, -0.25) is 14.4 Å². The van der Waals surface area contributed by atoms with Crippen molar-refractivity contribution in [2.75, 3.05) is 18.5 Å². The van der Waals surface area contributed by atoms with Crippen LogP contribution in [0.15, 0.2) is 46.9 Å². The maximum absolute atomic E-state index is 12.2.